The van der Waals surface area contributed by atoms with E-state index in [-0.39, 0.29) is 11.8 Å². The van der Waals surface area contributed by atoms with Gasteiger partial charge in [0, 0.05) is 11.3 Å². The molecule has 1 heterocycles. The number of thiophene rings is 1. The van der Waals surface area contributed by atoms with E-state index in [1.54, 1.807) is 11.3 Å². The summed E-state index contributed by atoms with van der Waals surface area (Å²) in [6.07, 6.45) is 3.86. The molecule has 1 amide bonds. The first kappa shape index (κ1) is 13.1. The van der Waals surface area contributed by atoms with Crippen LogP contribution in [0.4, 0.5) is 0 Å². The quantitative estimate of drug-likeness (QED) is 0.794. The Morgan fingerprint density at radius 3 is 2.83 bits per heavy atom. The van der Waals surface area contributed by atoms with E-state index >= 15 is 0 Å². The van der Waals surface area contributed by atoms with Crippen LogP contribution in [0.3, 0.4) is 0 Å². The molecular weight excluding hydrogens is 250 g/mol. The van der Waals surface area contributed by atoms with Gasteiger partial charge in [-0.2, -0.15) is 0 Å². The van der Waals surface area contributed by atoms with Crippen LogP contribution < -0.4 is 5.32 Å². The third-order valence-corrected chi connectivity index (χ3v) is 4.02. The first-order valence-corrected chi connectivity index (χ1v) is 7.09. The van der Waals surface area contributed by atoms with E-state index in [9.17, 15) is 9.59 Å². The van der Waals surface area contributed by atoms with Gasteiger partial charge < -0.3 is 10.4 Å². The number of hydrogen-bond donors (Lipinski definition) is 2. The number of nitrogens with one attached hydrogen (secondary N) is 1. The van der Waals surface area contributed by atoms with Crippen LogP contribution in [0.25, 0.3) is 0 Å². The lowest BCUT2D eigenvalue weighted by Crippen LogP contribution is -2.42. The lowest BCUT2D eigenvalue weighted by molar-refractivity contribution is -0.142. The van der Waals surface area contributed by atoms with E-state index < -0.39 is 12.0 Å². The summed E-state index contributed by atoms with van der Waals surface area (Å²) in [5.74, 6) is -0.918. The van der Waals surface area contributed by atoms with Gasteiger partial charge in [-0.3, -0.25) is 4.79 Å². The van der Waals surface area contributed by atoms with Crippen LogP contribution in [0.5, 0.6) is 0 Å². The predicted octanol–water partition coefficient (Wildman–Crippen LogP) is 2.05. The van der Waals surface area contributed by atoms with Crippen LogP contribution in [-0.4, -0.2) is 23.0 Å². The number of aryl methyl sites for hydroxylation is 1. The summed E-state index contributed by atoms with van der Waals surface area (Å²) in [4.78, 5) is 23.9. The largest absolute Gasteiger partial charge is 0.480 e. The van der Waals surface area contributed by atoms with Crippen molar-refractivity contribution in [3.8, 4) is 0 Å². The maximum Gasteiger partial charge on any atom is 0.326 e. The maximum absolute atomic E-state index is 11.6. The van der Waals surface area contributed by atoms with Crippen molar-refractivity contribution in [2.75, 3.05) is 0 Å². The Kier molecular flexibility index (Phi) is 4.36. The fourth-order valence-corrected chi connectivity index (χ4v) is 2.69. The van der Waals surface area contributed by atoms with Gasteiger partial charge in [0.05, 0.1) is 0 Å². The summed E-state index contributed by atoms with van der Waals surface area (Å²) in [6.45, 7) is 0. The minimum atomic E-state index is -0.913. The molecule has 0 saturated heterocycles. The Morgan fingerprint density at radius 1 is 1.50 bits per heavy atom. The van der Waals surface area contributed by atoms with Gasteiger partial charge >= 0.3 is 5.97 Å². The number of amides is 1. The molecule has 2 N–H and O–H groups in total. The van der Waals surface area contributed by atoms with Gasteiger partial charge in [0.25, 0.3) is 0 Å². The Balaban J connectivity index is 1.69. The second kappa shape index (κ2) is 6.00. The first-order chi connectivity index (χ1) is 8.66. The van der Waals surface area contributed by atoms with Crippen LogP contribution in [0.2, 0.25) is 0 Å². The van der Waals surface area contributed by atoms with Crippen LogP contribution in [0, 0.1) is 5.92 Å². The number of carbonyl (C=O) groups excluding carboxylic acids is 1. The minimum Gasteiger partial charge on any atom is -0.480 e. The van der Waals surface area contributed by atoms with Crippen molar-refractivity contribution in [1.82, 2.24) is 5.32 Å². The molecule has 0 aliphatic heterocycles. The van der Waals surface area contributed by atoms with Gasteiger partial charge in [0.15, 0.2) is 0 Å². The maximum atomic E-state index is 11.6. The van der Waals surface area contributed by atoms with E-state index in [0.717, 1.165) is 25.7 Å². The topological polar surface area (TPSA) is 66.4 Å². The van der Waals surface area contributed by atoms with Crippen molar-refractivity contribution in [3.63, 3.8) is 0 Å². The molecule has 5 heteroatoms. The van der Waals surface area contributed by atoms with Crippen LogP contribution in [0.15, 0.2) is 17.5 Å². The lowest BCUT2D eigenvalue weighted by atomic mass is 10.1. The molecule has 98 valence electrons. The third-order valence-electron chi connectivity index (χ3n) is 3.08. The second-order valence-corrected chi connectivity index (χ2v) is 5.69. The Labute approximate surface area is 110 Å². The smallest absolute Gasteiger partial charge is 0.326 e. The lowest BCUT2D eigenvalue weighted by Gasteiger charge is -2.13. The van der Waals surface area contributed by atoms with Crippen LogP contribution >= 0.6 is 11.3 Å². The number of carboxylic acid groups (broad SMARTS) is 1. The number of hydrogen-bond acceptors (Lipinski definition) is 3. The van der Waals surface area contributed by atoms with Crippen molar-refractivity contribution < 1.29 is 14.7 Å². The monoisotopic (exact) mass is 267 g/mol. The van der Waals surface area contributed by atoms with Gasteiger partial charge in [-0.1, -0.05) is 6.07 Å². The molecule has 0 bridgehead atoms. The summed E-state index contributed by atoms with van der Waals surface area (Å²) in [7, 11) is 0. The molecule has 1 aromatic rings. The van der Waals surface area contributed by atoms with Gasteiger partial charge in [-0.15, -0.1) is 11.3 Å². The number of aliphatic carboxylic acids is 1. The highest BCUT2D eigenvalue weighted by atomic mass is 32.1. The van der Waals surface area contributed by atoms with Crippen molar-refractivity contribution in [2.45, 2.75) is 38.1 Å². The number of carboxylic acids is 1. The molecule has 1 atom stereocenters. The normalized spacial score (nSPS) is 16.2. The summed E-state index contributed by atoms with van der Waals surface area (Å²) in [6, 6.07) is 3.36. The van der Waals surface area contributed by atoms with Crippen molar-refractivity contribution in [1.29, 1.82) is 0 Å². The van der Waals surface area contributed by atoms with Gasteiger partial charge in [-0.25, -0.2) is 4.79 Å². The molecular formula is C13H17NO3S. The molecule has 1 aromatic heterocycles. The van der Waals surface area contributed by atoms with Crippen molar-refractivity contribution in [3.05, 3.63) is 22.4 Å². The van der Waals surface area contributed by atoms with E-state index in [1.807, 2.05) is 17.5 Å². The summed E-state index contributed by atoms with van der Waals surface area (Å²) in [5.41, 5.74) is 0. The fourth-order valence-electron chi connectivity index (χ4n) is 1.93. The Hall–Kier alpha value is -1.36. The molecule has 1 unspecified atom stereocenters. The molecule has 18 heavy (non-hydrogen) atoms. The minimum absolute atomic E-state index is 0.142. The molecule has 1 fully saturated rings. The summed E-state index contributed by atoms with van der Waals surface area (Å²) < 4.78 is 0. The highest BCUT2D eigenvalue weighted by Gasteiger charge is 2.36. The summed E-state index contributed by atoms with van der Waals surface area (Å²) >= 11 is 1.68. The molecule has 1 aliphatic rings. The van der Waals surface area contributed by atoms with E-state index in [0.29, 0.717) is 6.42 Å². The average Bonchev–Trinajstić information content (AvgIpc) is 3.03. The van der Waals surface area contributed by atoms with E-state index in [1.165, 1.54) is 4.88 Å². The molecule has 0 radical (unpaired) electrons. The summed E-state index contributed by atoms with van der Waals surface area (Å²) in [5, 5.41) is 13.6. The molecule has 2 rings (SSSR count). The van der Waals surface area contributed by atoms with Gasteiger partial charge in [0.1, 0.15) is 6.04 Å². The van der Waals surface area contributed by atoms with E-state index in [4.69, 9.17) is 5.11 Å². The SMILES string of the molecule is O=C(CCCc1cccs1)NC(C(=O)O)C1CC1. The second-order valence-electron chi connectivity index (χ2n) is 4.65. The third kappa shape index (κ3) is 3.84. The molecule has 1 saturated carbocycles. The molecule has 4 nitrogen and oxygen atoms in total. The number of carbonyl (C=O) groups is 2. The Bertz CT molecular complexity index is 412. The zero-order valence-corrected chi connectivity index (χ0v) is 10.9. The van der Waals surface area contributed by atoms with Gasteiger partial charge in [0.2, 0.25) is 5.91 Å². The standard InChI is InChI=1S/C13H17NO3S/c15-11(5-1-3-10-4-2-8-18-10)14-12(13(16)17)9-6-7-9/h2,4,8-9,12H,1,3,5-7H2,(H,14,15)(H,16,17). The zero-order valence-electron chi connectivity index (χ0n) is 10.1. The fraction of sp³-hybridized carbons (Fsp3) is 0.538. The van der Waals surface area contributed by atoms with Crippen LogP contribution in [-0.2, 0) is 16.0 Å². The van der Waals surface area contributed by atoms with Crippen molar-refractivity contribution in [2.24, 2.45) is 5.92 Å². The van der Waals surface area contributed by atoms with Crippen LogP contribution in [0.1, 0.15) is 30.6 Å². The molecule has 1 aliphatic carbocycles. The molecule has 0 spiro atoms. The van der Waals surface area contributed by atoms with E-state index in [2.05, 4.69) is 5.32 Å². The van der Waals surface area contributed by atoms with Crippen molar-refractivity contribution >= 4 is 23.2 Å². The highest BCUT2D eigenvalue weighted by Crippen LogP contribution is 2.32. The molecule has 0 aromatic carbocycles. The Morgan fingerprint density at radius 2 is 2.28 bits per heavy atom. The average molecular weight is 267 g/mol. The zero-order chi connectivity index (χ0) is 13.0. The predicted molar refractivity (Wildman–Crippen MR) is 69.5 cm³/mol. The highest BCUT2D eigenvalue weighted by molar-refractivity contribution is 7.09. The first-order valence-electron chi connectivity index (χ1n) is 6.21. The number of rotatable bonds is 7. The van der Waals surface area contributed by atoms with Gasteiger partial charge in [-0.05, 0) is 43.0 Å².